The summed E-state index contributed by atoms with van der Waals surface area (Å²) < 4.78 is 12.6. The van der Waals surface area contributed by atoms with Crippen molar-refractivity contribution >= 4 is 12.9 Å². The summed E-state index contributed by atoms with van der Waals surface area (Å²) in [5.41, 5.74) is 1.20. The van der Waals surface area contributed by atoms with Crippen molar-refractivity contribution in [2.45, 2.75) is 103 Å². The molecule has 5 aliphatic rings. The van der Waals surface area contributed by atoms with Gasteiger partial charge in [0.15, 0.2) is 5.78 Å². The number of ketones is 1. The third-order valence-corrected chi connectivity index (χ3v) is 10.3. The standard InChI is InChI=1S/C25H39BO4/c1-4-5-14-26-29-16-22(28)25(30-26)13-10-21-19-7-6-17-15-18(27)8-11-23(17,2)20(19)9-12-24(21,25)3/h15,19-22,28H,4-14,16H2,1-3H3/t19-,20+,21+,22-,23+,24+,25+/m1/s1. The van der Waals surface area contributed by atoms with Gasteiger partial charge in [-0.2, -0.15) is 0 Å². The van der Waals surface area contributed by atoms with Gasteiger partial charge in [-0.25, -0.2) is 0 Å². The van der Waals surface area contributed by atoms with E-state index >= 15 is 0 Å². The number of fused-ring (bicyclic) bond motifs is 6. The molecule has 1 saturated heterocycles. The highest BCUT2D eigenvalue weighted by Crippen LogP contribution is 2.69. The number of allylic oxidation sites excluding steroid dienone is 1. The summed E-state index contributed by atoms with van der Waals surface area (Å²) in [6.45, 7) is 7.48. The highest BCUT2D eigenvalue weighted by molar-refractivity contribution is 6.44. The largest absolute Gasteiger partial charge is 0.457 e. The predicted molar refractivity (Wildman–Crippen MR) is 118 cm³/mol. The monoisotopic (exact) mass is 414 g/mol. The minimum absolute atomic E-state index is 0.0177. The average Bonchev–Trinajstić information content (AvgIpc) is 3.02. The molecule has 4 aliphatic carbocycles. The van der Waals surface area contributed by atoms with E-state index in [4.69, 9.17) is 9.31 Å². The lowest BCUT2D eigenvalue weighted by Gasteiger charge is -2.61. The molecular formula is C25H39BO4. The molecule has 0 radical (unpaired) electrons. The number of aliphatic hydroxyl groups excluding tert-OH is 1. The third-order valence-electron chi connectivity index (χ3n) is 10.3. The van der Waals surface area contributed by atoms with Crippen molar-refractivity contribution in [3.63, 3.8) is 0 Å². The maximum absolute atomic E-state index is 12.1. The number of hydrogen-bond donors (Lipinski definition) is 1. The summed E-state index contributed by atoms with van der Waals surface area (Å²) in [6, 6.07) is 0. The highest BCUT2D eigenvalue weighted by atomic mass is 16.6. The molecule has 3 saturated carbocycles. The van der Waals surface area contributed by atoms with Crippen LogP contribution in [0.15, 0.2) is 11.6 Å². The van der Waals surface area contributed by atoms with Gasteiger partial charge in [-0.05, 0) is 80.5 Å². The number of carbonyl (C=O) groups excluding carboxylic acids is 1. The smallest absolute Gasteiger partial charge is 0.408 e. The molecule has 0 aromatic carbocycles. The number of unbranched alkanes of at least 4 members (excludes halogenated alkanes) is 1. The third kappa shape index (κ3) is 2.87. The fourth-order valence-electron chi connectivity index (χ4n) is 8.53. The summed E-state index contributed by atoms with van der Waals surface area (Å²) in [5, 5.41) is 11.2. The Morgan fingerprint density at radius 3 is 2.73 bits per heavy atom. The normalized spacial score (nSPS) is 48.2. The summed E-state index contributed by atoms with van der Waals surface area (Å²) in [5.74, 6) is 2.29. The molecular weight excluding hydrogens is 375 g/mol. The fraction of sp³-hybridized carbons (Fsp3) is 0.880. The van der Waals surface area contributed by atoms with Crippen LogP contribution in [0.5, 0.6) is 0 Å². The molecule has 1 spiro atoms. The van der Waals surface area contributed by atoms with Crippen molar-refractivity contribution in [2.24, 2.45) is 28.6 Å². The Labute approximate surface area is 182 Å². The molecule has 1 N–H and O–H groups in total. The molecule has 1 heterocycles. The Bertz CT molecular complexity index is 735. The van der Waals surface area contributed by atoms with Crippen LogP contribution in [-0.2, 0) is 14.1 Å². The van der Waals surface area contributed by atoms with Gasteiger partial charge in [0.2, 0.25) is 0 Å². The van der Waals surface area contributed by atoms with E-state index in [-0.39, 0.29) is 17.9 Å². The van der Waals surface area contributed by atoms with Crippen molar-refractivity contribution in [1.29, 1.82) is 0 Å². The molecule has 4 nitrogen and oxygen atoms in total. The molecule has 5 heteroatoms. The Morgan fingerprint density at radius 2 is 1.93 bits per heavy atom. The topological polar surface area (TPSA) is 55.8 Å². The second kappa shape index (κ2) is 7.45. The second-order valence-electron chi connectivity index (χ2n) is 11.4. The predicted octanol–water partition coefficient (Wildman–Crippen LogP) is 4.95. The van der Waals surface area contributed by atoms with Gasteiger partial charge >= 0.3 is 7.12 Å². The van der Waals surface area contributed by atoms with E-state index in [0.29, 0.717) is 36.6 Å². The molecule has 0 unspecified atom stereocenters. The van der Waals surface area contributed by atoms with E-state index in [0.717, 1.165) is 51.3 Å². The lowest BCUT2D eigenvalue weighted by Crippen LogP contribution is -2.65. The van der Waals surface area contributed by atoms with Crippen LogP contribution < -0.4 is 0 Å². The highest BCUT2D eigenvalue weighted by Gasteiger charge is 2.68. The number of carbonyl (C=O) groups is 1. The molecule has 166 valence electrons. The van der Waals surface area contributed by atoms with E-state index in [2.05, 4.69) is 20.8 Å². The van der Waals surface area contributed by atoms with E-state index in [9.17, 15) is 9.90 Å². The van der Waals surface area contributed by atoms with Gasteiger partial charge in [0, 0.05) is 11.8 Å². The molecule has 30 heavy (non-hydrogen) atoms. The van der Waals surface area contributed by atoms with Crippen molar-refractivity contribution in [3.05, 3.63) is 11.6 Å². The quantitative estimate of drug-likeness (QED) is 0.664. The first-order valence-electron chi connectivity index (χ1n) is 12.6. The number of hydrogen-bond acceptors (Lipinski definition) is 4. The Hall–Kier alpha value is -0.645. The van der Waals surface area contributed by atoms with E-state index < -0.39 is 11.7 Å². The first-order chi connectivity index (χ1) is 14.3. The van der Waals surface area contributed by atoms with E-state index in [1.807, 2.05) is 6.08 Å². The molecule has 1 aliphatic heterocycles. The zero-order valence-corrected chi connectivity index (χ0v) is 19.1. The maximum Gasteiger partial charge on any atom is 0.457 e. The fourth-order valence-corrected chi connectivity index (χ4v) is 8.53. The lowest BCUT2D eigenvalue weighted by molar-refractivity contribution is -0.197. The Morgan fingerprint density at radius 1 is 1.13 bits per heavy atom. The first kappa shape index (κ1) is 21.2. The number of aliphatic hydroxyl groups is 1. The molecule has 0 aromatic rings. The van der Waals surface area contributed by atoms with Gasteiger partial charge in [-0.15, -0.1) is 0 Å². The van der Waals surface area contributed by atoms with Crippen molar-refractivity contribution < 1.29 is 19.2 Å². The lowest BCUT2D eigenvalue weighted by atomic mass is 9.46. The van der Waals surface area contributed by atoms with Gasteiger partial charge in [0.25, 0.3) is 0 Å². The maximum atomic E-state index is 12.1. The molecule has 7 atom stereocenters. The zero-order chi connectivity index (χ0) is 21.1. The van der Waals surface area contributed by atoms with Crippen molar-refractivity contribution in [3.8, 4) is 0 Å². The van der Waals surface area contributed by atoms with Gasteiger partial charge < -0.3 is 14.4 Å². The van der Waals surface area contributed by atoms with Crippen LogP contribution in [0.2, 0.25) is 6.32 Å². The molecule has 0 amide bonds. The van der Waals surface area contributed by atoms with Crippen molar-refractivity contribution in [1.82, 2.24) is 0 Å². The first-order valence-corrected chi connectivity index (χ1v) is 12.6. The Kier molecular flexibility index (Phi) is 5.27. The minimum atomic E-state index is -0.524. The van der Waals surface area contributed by atoms with Crippen LogP contribution in [-0.4, -0.2) is 36.3 Å². The van der Waals surface area contributed by atoms with Crippen LogP contribution in [0.4, 0.5) is 0 Å². The Balaban J connectivity index is 1.43. The molecule has 4 fully saturated rings. The van der Waals surface area contributed by atoms with E-state index in [1.54, 1.807) is 0 Å². The SMILES string of the molecule is CCCCB1OC[C@@H](O)[C@]2(CC[C@H]3[C@@H]4CCC5=CC(=O)CC[C@]5(C)[C@H]4CC[C@@]32C)O1. The van der Waals surface area contributed by atoms with Crippen LogP contribution in [0.25, 0.3) is 0 Å². The summed E-state index contributed by atoms with van der Waals surface area (Å²) in [6.07, 6.45) is 13.1. The average molecular weight is 414 g/mol. The van der Waals surface area contributed by atoms with Crippen LogP contribution in [0.1, 0.15) is 85.0 Å². The van der Waals surface area contributed by atoms with Crippen LogP contribution in [0, 0.1) is 28.6 Å². The van der Waals surface area contributed by atoms with Crippen molar-refractivity contribution in [2.75, 3.05) is 6.61 Å². The van der Waals surface area contributed by atoms with Gasteiger partial charge in [-0.1, -0.05) is 39.2 Å². The van der Waals surface area contributed by atoms with Crippen LogP contribution in [0.3, 0.4) is 0 Å². The number of rotatable bonds is 3. The van der Waals surface area contributed by atoms with E-state index in [1.165, 1.54) is 18.4 Å². The molecule has 0 aromatic heterocycles. The summed E-state index contributed by atoms with van der Waals surface area (Å²) in [7, 11) is -0.163. The van der Waals surface area contributed by atoms with Gasteiger partial charge in [0.05, 0.1) is 12.2 Å². The van der Waals surface area contributed by atoms with Crippen LogP contribution >= 0.6 is 0 Å². The van der Waals surface area contributed by atoms with Gasteiger partial charge in [-0.3, -0.25) is 4.79 Å². The summed E-state index contributed by atoms with van der Waals surface area (Å²) >= 11 is 0. The molecule has 5 rings (SSSR count). The zero-order valence-electron chi connectivity index (χ0n) is 19.1. The second-order valence-corrected chi connectivity index (χ2v) is 11.4. The summed E-state index contributed by atoms with van der Waals surface area (Å²) in [4.78, 5) is 12.1. The molecule has 0 bridgehead atoms. The van der Waals surface area contributed by atoms with Gasteiger partial charge in [0.1, 0.15) is 6.10 Å². The minimum Gasteiger partial charge on any atom is -0.408 e.